The lowest BCUT2D eigenvalue weighted by Crippen LogP contribution is -2.40. The van der Waals surface area contributed by atoms with Crippen LogP contribution in [0.3, 0.4) is 0 Å². The summed E-state index contributed by atoms with van der Waals surface area (Å²) < 4.78 is 1.12. The summed E-state index contributed by atoms with van der Waals surface area (Å²) >= 11 is 1.50. The molecular weight excluding hydrogens is 282 g/mol. The molecule has 3 N–H and O–H groups in total. The molecule has 114 valence electrons. The van der Waals surface area contributed by atoms with Gasteiger partial charge in [-0.2, -0.15) is 0 Å². The van der Waals surface area contributed by atoms with Crippen molar-refractivity contribution in [1.29, 1.82) is 0 Å². The predicted octanol–water partition coefficient (Wildman–Crippen LogP) is 3.13. The number of hydrazine groups is 1. The van der Waals surface area contributed by atoms with Gasteiger partial charge in [0.05, 0.1) is 4.88 Å². The first-order valence-electron chi connectivity index (χ1n) is 7.13. The Morgan fingerprint density at radius 3 is 2.67 bits per heavy atom. The molecule has 1 heterocycles. The third kappa shape index (κ3) is 3.10. The number of nitrogens with two attached hydrogens (primary N) is 1. The standard InChI is InChI=1S/C16H23N3OS/c1-5-16(2,3)19(4)10-12-11-8-6-7-9-13(11)21-14(12)15(20)18-17/h6-9H,5,10,17H2,1-4H3,(H,18,20). The minimum Gasteiger partial charge on any atom is -0.297 e. The molecule has 0 atom stereocenters. The van der Waals surface area contributed by atoms with Crippen LogP contribution < -0.4 is 11.3 Å². The molecule has 0 radical (unpaired) electrons. The summed E-state index contributed by atoms with van der Waals surface area (Å²) in [5.74, 6) is 5.12. The highest BCUT2D eigenvalue weighted by molar-refractivity contribution is 7.21. The van der Waals surface area contributed by atoms with Gasteiger partial charge in [0, 0.05) is 16.8 Å². The Labute approximate surface area is 129 Å². The summed E-state index contributed by atoms with van der Waals surface area (Å²) in [7, 11) is 2.10. The second-order valence-electron chi connectivity index (χ2n) is 5.90. The van der Waals surface area contributed by atoms with Crippen LogP contribution >= 0.6 is 11.3 Å². The van der Waals surface area contributed by atoms with Gasteiger partial charge in [0.15, 0.2) is 0 Å². The van der Waals surface area contributed by atoms with Gasteiger partial charge in [-0.25, -0.2) is 5.84 Å². The first-order chi connectivity index (χ1) is 9.90. The monoisotopic (exact) mass is 305 g/mol. The van der Waals surface area contributed by atoms with E-state index in [1.54, 1.807) is 0 Å². The van der Waals surface area contributed by atoms with Crippen LogP contribution in [0, 0.1) is 0 Å². The van der Waals surface area contributed by atoms with E-state index in [1.165, 1.54) is 11.3 Å². The van der Waals surface area contributed by atoms with Crippen molar-refractivity contribution in [2.45, 2.75) is 39.3 Å². The molecule has 0 bridgehead atoms. The van der Waals surface area contributed by atoms with E-state index in [0.29, 0.717) is 4.88 Å². The van der Waals surface area contributed by atoms with Crippen LogP contribution in [0.1, 0.15) is 42.4 Å². The number of nitrogens with one attached hydrogen (secondary N) is 1. The summed E-state index contributed by atoms with van der Waals surface area (Å²) in [6, 6.07) is 8.11. The number of benzene rings is 1. The van der Waals surface area contributed by atoms with Crippen LogP contribution in [0.15, 0.2) is 24.3 Å². The van der Waals surface area contributed by atoms with Crippen molar-refractivity contribution in [2.24, 2.45) is 5.84 Å². The van der Waals surface area contributed by atoms with Gasteiger partial charge < -0.3 is 0 Å². The van der Waals surface area contributed by atoms with E-state index in [4.69, 9.17) is 5.84 Å². The number of hydrogen-bond donors (Lipinski definition) is 2. The highest BCUT2D eigenvalue weighted by Gasteiger charge is 2.25. The molecule has 1 aromatic carbocycles. The number of nitrogen functional groups attached to an aromatic ring is 1. The van der Waals surface area contributed by atoms with Crippen LogP contribution in [-0.2, 0) is 6.54 Å². The normalized spacial score (nSPS) is 12.1. The van der Waals surface area contributed by atoms with Crippen molar-refractivity contribution in [3.63, 3.8) is 0 Å². The third-order valence-electron chi connectivity index (χ3n) is 4.33. The van der Waals surface area contributed by atoms with Crippen molar-refractivity contribution in [1.82, 2.24) is 10.3 Å². The van der Waals surface area contributed by atoms with Crippen molar-refractivity contribution < 1.29 is 4.79 Å². The molecule has 0 saturated heterocycles. The number of amides is 1. The molecule has 2 rings (SSSR count). The number of carbonyl (C=O) groups is 1. The van der Waals surface area contributed by atoms with Crippen LogP contribution in [0.5, 0.6) is 0 Å². The first-order valence-corrected chi connectivity index (χ1v) is 7.95. The average molecular weight is 305 g/mol. The Balaban J connectivity index is 2.48. The lowest BCUT2D eigenvalue weighted by molar-refractivity contribution is 0.0953. The molecule has 0 saturated carbocycles. The van der Waals surface area contributed by atoms with E-state index >= 15 is 0 Å². The minimum atomic E-state index is -0.214. The van der Waals surface area contributed by atoms with Gasteiger partial charge in [-0.1, -0.05) is 25.1 Å². The van der Waals surface area contributed by atoms with E-state index < -0.39 is 0 Å². The number of carbonyl (C=O) groups excluding carboxylic acids is 1. The number of nitrogens with zero attached hydrogens (tertiary/aromatic N) is 1. The fourth-order valence-corrected chi connectivity index (χ4v) is 3.34. The largest absolute Gasteiger partial charge is 0.297 e. The Morgan fingerprint density at radius 1 is 1.38 bits per heavy atom. The average Bonchev–Trinajstić information content (AvgIpc) is 2.85. The molecule has 4 nitrogen and oxygen atoms in total. The Bertz CT molecular complexity index is 648. The van der Waals surface area contributed by atoms with Gasteiger partial charge in [0.2, 0.25) is 0 Å². The van der Waals surface area contributed by atoms with Crippen LogP contribution in [0.25, 0.3) is 10.1 Å². The van der Waals surface area contributed by atoms with E-state index in [1.807, 2.05) is 18.2 Å². The zero-order chi connectivity index (χ0) is 15.6. The number of hydrogen-bond acceptors (Lipinski definition) is 4. The highest BCUT2D eigenvalue weighted by atomic mass is 32.1. The lowest BCUT2D eigenvalue weighted by atomic mass is 9.98. The van der Waals surface area contributed by atoms with Crippen LogP contribution in [-0.4, -0.2) is 23.4 Å². The van der Waals surface area contributed by atoms with Gasteiger partial charge in [-0.3, -0.25) is 15.1 Å². The molecule has 0 aliphatic rings. The summed E-state index contributed by atoms with van der Waals surface area (Å²) in [6.45, 7) is 7.33. The molecular formula is C16H23N3OS. The Kier molecular flexibility index (Phi) is 4.66. The maximum absolute atomic E-state index is 12.1. The summed E-state index contributed by atoms with van der Waals surface area (Å²) in [4.78, 5) is 15.1. The van der Waals surface area contributed by atoms with Crippen molar-refractivity contribution >= 4 is 27.3 Å². The summed E-state index contributed by atoms with van der Waals surface area (Å²) in [6.07, 6.45) is 1.05. The zero-order valence-corrected chi connectivity index (χ0v) is 13.9. The van der Waals surface area contributed by atoms with Gasteiger partial charge in [-0.05, 0) is 44.3 Å². The number of fused-ring (bicyclic) bond motifs is 1. The van der Waals surface area contributed by atoms with Crippen LogP contribution in [0.2, 0.25) is 0 Å². The SMILES string of the molecule is CCC(C)(C)N(C)Cc1c(C(=O)NN)sc2ccccc12. The Morgan fingerprint density at radius 2 is 2.05 bits per heavy atom. The number of thiophene rings is 1. The summed E-state index contributed by atoms with van der Waals surface area (Å²) in [5, 5.41) is 1.14. The fraction of sp³-hybridized carbons (Fsp3) is 0.438. The molecule has 0 aliphatic heterocycles. The molecule has 2 aromatic rings. The van der Waals surface area contributed by atoms with Crippen molar-refractivity contribution in [2.75, 3.05) is 7.05 Å². The van der Waals surface area contributed by atoms with Crippen LogP contribution in [0.4, 0.5) is 0 Å². The fourth-order valence-electron chi connectivity index (χ4n) is 2.23. The molecule has 5 heteroatoms. The second kappa shape index (κ2) is 6.13. The van der Waals surface area contributed by atoms with E-state index in [2.05, 4.69) is 44.2 Å². The maximum atomic E-state index is 12.1. The molecule has 1 amide bonds. The first kappa shape index (κ1) is 15.9. The quantitative estimate of drug-likeness (QED) is 0.507. The van der Waals surface area contributed by atoms with Crippen molar-refractivity contribution in [3.8, 4) is 0 Å². The molecule has 0 unspecified atom stereocenters. The zero-order valence-electron chi connectivity index (χ0n) is 13.1. The predicted molar refractivity (Wildman–Crippen MR) is 89.3 cm³/mol. The van der Waals surface area contributed by atoms with Gasteiger partial charge in [-0.15, -0.1) is 11.3 Å². The molecule has 0 aliphatic carbocycles. The third-order valence-corrected chi connectivity index (χ3v) is 5.54. The molecule has 1 aromatic heterocycles. The minimum absolute atomic E-state index is 0.0828. The maximum Gasteiger partial charge on any atom is 0.275 e. The summed E-state index contributed by atoms with van der Waals surface area (Å²) in [5.41, 5.74) is 3.40. The highest BCUT2D eigenvalue weighted by Crippen LogP contribution is 2.33. The van der Waals surface area contributed by atoms with E-state index in [-0.39, 0.29) is 11.4 Å². The van der Waals surface area contributed by atoms with Crippen molar-refractivity contribution in [3.05, 3.63) is 34.7 Å². The topological polar surface area (TPSA) is 58.4 Å². The molecule has 0 spiro atoms. The van der Waals surface area contributed by atoms with Gasteiger partial charge in [0.1, 0.15) is 0 Å². The number of rotatable bonds is 5. The molecule has 0 fully saturated rings. The Hall–Kier alpha value is -1.43. The second-order valence-corrected chi connectivity index (χ2v) is 6.95. The van der Waals surface area contributed by atoms with E-state index in [9.17, 15) is 4.79 Å². The van der Waals surface area contributed by atoms with E-state index in [0.717, 1.165) is 28.6 Å². The molecule has 21 heavy (non-hydrogen) atoms. The van der Waals surface area contributed by atoms with Gasteiger partial charge >= 0.3 is 0 Å². The smallest absolute Gasteiger partial charge is 0.275 e. The van der Waals surface area contributed by atoms with Gasteiger partial charge in [0.25, 0.3) is 5.91 Å². The lowest BCUT2D eigenvalue weighted by Gasteiger charge is -2.35.